The van der Waals surface area contributed by atoms with Crippen molar-refractivity contribution in [1.82, 2.24) is 0 Å². The molecule has 0 aromatic rings. The molecule has 0 heterocycles. The van der Waals surface area contributed by atoms with Crippen LogP contribution >= 0.6 is 0 Å². The van der Waals surface area contributed by atoms with E-state index in [0.29, 0.717) is 0 Å². The third kappa shape index (κ3) is 209. The Balaban J connectivity index is -0.0000000383. The Bertz CT molecular complexity index is 78.9. The van der Waals surface area contributed by atoms with Crippen molar-refractivity contribution in [3.05, 3.63) is 0 Å². The summed E-state index contributed by atoms with van der Waals surface area (Å²) >= 11 is 0. The molecule has 10 heteroatoms. The third-order valence-corrected chi connectivity index (χ3v) is 0. The maximum atomic E-state index is 8.80. The van der Waals surface area contributed by atoms with Gasteiger partial charge in [0.25, 0.3) is 0 Å². The largest absolute Gasteiger partial charge is 1.00 e. The van der Waals surface area contributed by atoms with Crippen molar-refractivity contribution in [1.29, 1.82) is 0 Å². The average molecular weight is 234 g/mol. The molecule has 0 unspecified atom stereocenters. The molecule has 0 aliphatic heterocycles. The van der Waals surface area contributed by atoms with Crippen LogP contribution in [-0.2, 0) is 0 Å². The van der Waals surface area contributed by atoms with Crippen LogP contribution in [0.15, 0.2) is 0 Å². The van der Waals surface area contributed by atoms with Gasteiger partial charge in [0.1, 0.15) is 9.05 Å². The van der Waals surface area contributed by atoms with E-state index in [9.17, 15) is 0 Å². The molecule has 0 bridgehead atoms. The first-order valence-corrected chi connectivity index (χ1v) is 3.22. The summed E-state index contributed by atoms with van der Waals surface area (Å²) in [5.74, 6) is 0. The molecule has 0 fully saturated rings. The van der Waals surface area contributed by atoms with Crippen LogP contribution in [0.4, 0.5) is 4.79 Å². The molecule has 0 saturated heterocycles. The van der Waals surface area contributed by atoms with E-state index in [1.165, 1.54) is 0 Å². The summed E-state index contributed by atoms with van der Waals surface area (Å²) in [6, 6.07) is 0. The van der Waals surface area contributed by atoms with E-state index in [1.807, 2.05) is 0 Å². The van der Waals surface area contributed by atoms with E-state index in [1.54, 1.807) is 0 Å². The van der Waals surface area contributed by atoms with Gasteiger partial charge in [-0.1, -0.05) is 0 Å². The zero-order valence-electron chi connectivity index (χ0n) is 6.01. The van der Waals surface area contributed by atoms with Gasteiger partial charge in [-0.3, -0.25) is 0 Å². The van der Waals surface area contributed by atoms with Gasteiger partial charge in [0.2, 0.25) is 0 Å². The quantitative estimate of drug-likeness (QED) is 0.304. The molecule has 0 spiro atoms. The van der Waals surface area contributed by atoms with E-state index in [0.717, 1.165) is 0 Å². The van der Waals surface area contributed by atoms with Crippen LogP contribution in [0.5, 0.6) is 0 Å². The molecule has 0 rings (SSSR count). The van der Waals surface area contributed by atoms with Gasteiger partial charge in [-0.2, -0.15) is 0 Å². The molecule has 0 saturated carbocycles. The van der Waals surface area contributed by atoms with E-state index in [2.05, 4.69) is 0 Å². The van der Waals surface area contributed by atoms with Crippen LogP contribution in [-0.4, -0.2) is 35.0 Å². The molecule has 0 aromatic heterocycles. The first-order valence-electron chi connectivity index (χ1n) is 1.51. The number of carboxylic acid groups (broad SMARTS) is 2. The minimum atomic E-state index is -5.11. The van der Waals surface area contributed by atoms with Crippen LogP contribution < -0.4 is 112 Å². The summed E-state index contributed by atoms with van der Waals surface area (Å²) in [5, 5.41) is 13.9. The fourth-order valence-corrected chi connectivity index (χ4v) is 0. The molecular formula is CH4K2O7Si. The molecule has 0 atom stereocenters. The van der Waals surface area contributed by atoms with Crippen LogP contribution in [0.2, 0.25) is 0 Å². The summed E-state index contributed by atoms with van der Waals surface area (Å²) in [6.45, 7) is 0. The van der Waals surface area contributed by atoms with Gasteiger partial charge < -0.3 is 29.4 Å². The van der Waals surface area contributed by atoms with E-state index >= 15 is 0 Å². The minimum absolute atomic E-state index is 0. The van der Waals surface area contributed by atoms with Crippen molar-refractivity contribution in [2.24, 2.45) is 0 Å². The fourth-order valence-electron chi connectivity index (χ4n) is 0. The van der Waals surface area contributed by atoms with Crippen LogP contribution in [0.1, 0.15) is 0 Å². The smallest absolute Gasteiger partial charge is 0.828 e. The Kier molecular flexibility index (Phi) is 26.8. The number of carbonyl (C=O) groups is 1. The van der Waals surface area contributed by atoms with E-state index in [-0.39, 0.29) is 103 Å². The van der Waals surface area contributed by atoms with Gasteiger partial charge in [0.15, 0.2) is 0 Å². The Morgan fingerprint density at radius 3 is 1.09 bits per heavy atom. The summed E-state index contributed by atoms with van der Waals surface area (Å²) in [6.07, 6.45) is -1.83. The third-order valence-electron chi connectivity index (χ3n) is 0. The molecule has 0 aliphatic rings. The van der Waals surface area contributed by atoms with Gasteiger partial charge in [0.05, 0.1) is 0 Å². The second-order valence-corrected chi connectivity index (χ2v) is 1.93. The second kappa shape index (κ2) is 12.6. The van der Waals surface area contributed by atoms with Crippen molar-refractivity contribution >= 4 is 15.2 Å². The second-order valence-electron chi connectivity index (χ2n) is 0.831. The van der Waals surface area contributed by atoms with Gasteiger partial charge in [-0.15, -0.1) is 0 Å². The van der Waals surface area contributed by atoms with Gasteiger partial charge in [-0.05, 0) is 0 Å². The standard InChI is InChI=1S/CH2O3.2K.H2O4Si/c2-1(3)4;;;1-5(2,3)4/h(H2,2,3,4);;;1-2H/q;2*+1;-2. The molecule has 0 aromatic carbocycles. The topological polar surface area (TPSA) is 144 Å². The van der Waals surface area contributed by atoms with Crippen LogP contribution in [0.25, 0.3) is 0 Å². The van der Waals surface area contributed by atoms with Crippen molar-refractivity contribution in [2.45, 2.75) is 0 Å². The summed E-state index contributed by atoms with van der Waals surface area (Å²) in [4.78, 5) is 40.4. The number of hydrogen-bond donors (Lipinski definition) is 4. The molecule has 0 radical (unpaired) electrons. The molecule has 0 amide bonds. The van der Waals surface area contributed by atoms with Crippen molar-refractivity contribution < 1.29 is 137 Å². The van der Waals surface area contributed by atoms with Gasteiger partial charge >= 0.3 is 109 Å². The fraction of sp³-hybridized carbons (Fsp3) is 0. The van der Waals surface area contributed by atoms with Crippen molar-refractivity contribution in [2.75, 3.05) is 0 Å². The predicted octanol–water partition coefficient (Wildman–Crippen LogP) is -9.64. The Labute approximate surface area is 148 Å². The molecule has 4 N–H and O–H groups in total. The summed E-state index contributed by atoms with van der Waals surface area (Å²) in [7, 11) is -5.11. The molecule has 0 aliphatic carbocycles. The van der Waals surface area contributed by atoms with Gasteiger partial charge in [0, 0.05) is 0 Å². The average Bonchev–Trinajstić information content (AvgIpc) is 1.19. The van der Waals surface area contributed by atoms with Crippen molar-refractivity contribution in [3.63, 3.8) is 0 Å². The first-order chi connectivity index (χ1) is 3.73. The Morgan fingerprint density at radius 2 is 1.09 bits per heavy atom. The molecule has 11 heavy (non-hydrogen) atoms. The zero-order valence-corrected chi connectivity index (χ0v) is 13.3. The predicted molar refractivity (Wildman–Crippen MR) is 20.8 cm³/mol. The first kappa shape index (κ1) is 23.4. The van der Waals surface area contributed by atoms with Crippen LogP contribution in [0.3, 0.4) is 0 Å². The molecule has 56 valence electrons. The molecular weight excluding hydrogens is 230 g/mol. The van der Waals surface area contributed by atoms with Crippen LogP contribution in [0, 0.1) is 0 Å². The zero-order chi connectivity index (χ0) is 8.08. The monoisotopic (exact) mass is 234 g/mol. The van der Waals surface area contributed by atoms with E-state index < -0.39 is 15.2 Å². The SMILES string of the molecule is O=C(O)O.[K+].[K+].[O-][Si]([O-])(O)O. The number of rotatable bonds is 0. The minimum Gasteiger partial charge on any atom is -0.828 e. The summed E-state index contributed by atoms with van der Waals surface area (Å²) < 4.78 is 0. The normalized spacial score (nSPS) is 7.64. The maximum Gasteiger partial charge on any atom is 1.00 e. The van der Waals surface area contributed by atoms with Crippen molar-refractivity contribution in [3.8, 4) is 0 Å². The van der Waals surface area contributed by atoms with Gasteiger partial charge in [-0.25, -0.2) is 4.79 Å². The van der Waals surface area contributed by atoms with E-state index in [4.69, 9.17) is 34.2 Å². The Hall–Kier alpha value is 2.60. The summed E-state index contributed by atoms with van der Waals surface area (Å²) in [5.41, 5.74) is 0. The number of hydrogen-bond acceptors (Lipinski definition) is 5. The maximum absolute atomic E-state index is 8.80. The Morgan fingerprint density at radius 1 is 1.09 bits per heavy atom. The molecule has 7 nitrogen and oxygen atoms in total.